The van der Waals surface area contributed by atoms with E-state index in [0.29, 0.717) is 16.9 Å². The van der Waals surface area contributed by atoms with Crippen LogP contribution < -0.4 is 5.32 Å². The van der Waals surface area contributed by atoms with E-state index in [2.05, 4.69) is 22.4 Å². The molecule has 166 valence electrons. The van der Waals surface area contributed by atoms with Crippen LogP contribution in [-0.4, -0.2) is 43.5 Å². The molecule has 4 unspecified atom stereocenters. The van der Waals surface area contributed by atoms with E-state index in [9.17, 15) is 9.59 Å². The molecule has 0 spiro atoms. The van der Waals surface area contributed by atoms with Crippen molar-refractivity contribution < 1.29 is 14.7 Å². The van der Waals surface area contributed by atoms with E-state index in [4.69, 9.17) is 5.11 Å². The van der Waals surface area contributed by atoms with Crippen LogP contribution >= 0.6 is 11.8 Å². The lowest BCUT2D eigenvalue weighted by Gasteiger charge is -2.28. The van der Waals surface area contributed by atoms with Crippen molar-refractivity contribution in [2.75, 3.05) is 5.75 Å². The molecule has 1 aromatic heterocycles. The van der Waals surface area contributed by atoms with Gasteiger partial charge in [-0.05, 0) is 50.9 Å². The zero-order chi connectivity index (χ0) is 22.0. The first-order chi connectivity index (χ1) is 14.9. The van der Waals surface area contributed by atoms with Crippen LogP contribution in [0.1, 0.15) is 44.6 Å². The molecule has 8 heteroatoms. The zero-order valence-corrected chi connectivity index (χ0v) is 18.9. The molecule has 2 aliphatic carbocycles. The number of hydrogen-bond donors (Lipinski definition) is 2. The monoisotopic (exact) mass is 442 g/mol. The van der Waals surface area contributed by atoms with E-state index in [1.165, 1.54) is 37.4 Å². The van der Waals surface area contributed by atoms with Gasteiger partial charge in [-0.25, -0.2) is 0 Å². The van der Waals surface area contributed by atoms with E-state index in [0.717, 1.165) is 23.0 Å². The fraction of sp³-hybridized carbons (Fsp3) is 0.565. The number of carboxylic acids is 1. The van der Waals surface area contributed by atoms with E-state index in [1.54, 1.807) is 4.57 Å². The van der Waals surface area contributed by atoms with Crippen molar-refractivity contribution in [2.24, 2.45) is 17.8 Å². The van der Waals surface area contributed by atoms with Crippen LogP contribution in [0.5, 0.6) is 0 Å². The minimum Gasteiger partial charge on any atom is -0.481 e. The Labute approximate surface area is 187 Å². The third kappa shape index (κ3) is 5.11. The molecule has 2 saturated carbocycles. The third-order valence-electron chi connectivity index (χ3n) is 6.73. The summed E-state index contributed by atoms with van der Waals surface area (Å²) in [6.45, 7) is 4.40. The minimum absolute atomic E-state index is 0.00931. The maximum absolute atomic E-state index is 12.6. The molecule has 2 aromatic rings. The van der Waals surface area contributed by atoms with Crippen LogP contribution in [0.25, 0.3) is 11.4 Å². The van der Waals surface area contributed by atoms with Gasteiger partial charge in [-0.3, -0.25) is 9.59 Å². The summed E-state index contributed by atoms with van der Waals surface area (Å²) in [6, 6.07) is 8.08. The molecule has 2 aliphatic rings. The molecular formula is C23H30N4O3S. The lowest BCUT2D eigenvalue weighted by atomic mass is 9.84. The normalized spacial score (nSPS) is 23.1. The Balaban J connectivity index is 1.40. The molecule has 0 saturated heterocycles. The van der Waals surface area contributed by atoms with Crippen LogP contribution in [-0.2, 0) is 16.1 Å². The minimum atomic E-state index is -0.878. The Morgan fingerprint density at radius 3 is 2.65 bits per heavy atom. The second-order valence-corrected chi connectivity index (χ2v) is 9.89. The number of rotatable bonds is 9. The highest BCUT2D eigenvalue weighted by Crippen LogP contribution is 2.49. The number of benzene rings is 1. The molecule has 1 amide bonds. The number of aromatic nitrogens is 3. The predicted molar refractivity (Wildman–Crippen MR) is 120 cm³/mol. The van der Waals surface area contributed by atoms with Gasteiger partial charge in [0.2, 0.25) is 5.91 Å². The summed E-state index contributed by atoms with van der Waals surface area (Å²) < 4.78 is 1.80. The zero-order valence-electron chi connectivity index (χ0n) is 18.1. The lowest BCUT2D eigenvalue weighted by Crippen LogP contribution is -2.40. The number of carbonyl (C=O) groups is 2. The molecule has 1 aromatic carbocycles. The van der Waals surface area contributed by atoms with Gasteiger partial charge in [0.15, 0.2) is 11.0 Å². The second kappa shape index (κ2) is 9.42. The van der Waals surface area contributed by atoms with Gasteiger partial charge in [0.05, 0.1) is 12.2 Å². The molecule has 1 heterocycles. The van der Waals surface area contributed by atoms with Crippen molar-refractivity contribution >= 4 is 23.6 Å². The van der Waals surface area contributed by atoms with E-state index < -0.39 is 5.97 Å². The topological polar surface area (TPSA) is 97.1 Å². The first-order valence-corrected chi connectivity index (χ1v) is 12.0. The van der Waals surface area contributed by atoms with Crippen LogP contribution in [0, 0.1) is 24.7 Å². The van der Waals surface area contributed by atoms with Gasteiger partial charge in [-0.2, -0.15) is 0 Å². The van der Waals surface area contributed by atoms with Crippen LogP contribution in [0.2, 0.25) is 0 Å². The Hall–Kier alpha value is -2.35. The van der Waals surface area contributed by atoms with Crippen LogP contribution in [0.4, 0.5) is 0 Å². The molecular weight excluding hydrogens is 412 g/mol. The first kappa shape index (κ1) is 21.9. The largest absolute Gasteiger partial charge is 0.481 e. The maximum atomic E-state index is 12.6. The maximum Gasteiger partial charge on any atom is 0.305 e. The van der Waals surface area contributed by atoms with E-state index in [-0.39, 0.29) is 30.7 Å². The molecule has 2 bridgehead atoms. The van der Waals surface area contributed by atoms with Crippen LogP contribution in [0.15, 0.2) is 29.4 Å². The summed E-state index contributed by atoms with van der Waals surface area (Å²) in [4.78, 5) is 23.7. The van der Waals surface area contributed by atoms with Crippen molar-refractivity contribution in [2.45, 2.75) is 63.7 Å². The van der Waals surface area contributed by atoms with Gasteiger partial charge in [0, 0.05) is 18.2 Å². The quantitative estimate of drug-likeness (QED) is 0.574. The average molecular weight is 443 g/mol. The smallest absolute Gasteiger partial charge is 0.305 e. The molecule has 0 radical (unpaired) electrons. The highest BCUT2D eigenvalue weighted by atomic mass is 32.2. The van der Waals surface area contributed by atoms with E-state index >= 15 is 0 Å². The van der Waals surface area contributed by atoms with Gasteiger partial charge < -0.3 is 15.0 Å². The lowest BCUT2D eigenvalue weighted by molar-refractivity contribution is -0.137. The average Bonchev–Trinajstić information content (AvgIpc) is 3.47. The Morgan fingerprint density at radius 2 is 2.00 bits per heavy atom. The second-order valence-electron chi connectivity index (χ2n) is 8.95. The summed E-state index contributed by atoms with van der Waals surface area (Å²) in [5.74, 6) is 2.20. The summed E-state index contributed by atoms with van der Waals surface area (Å²) in [6.07, 6.45) is 5.19. The standard InChI is InChI=1S/C23H30N4O3S/c1-14-3-6-17(7-4-14)22-25-26-23(27(22)10-9-21(29)30)31-13-20(28)24-15(2)19-12-16-5-8-18(19)11-16/h3-4,6-7,15-16,18-19H,5,8-13H2,1-2H3,(H,24,28)(H,29,30). The Kier molecular flexibility index (Phi) is 6.65. The molecule has 7 nitrogen and oxygen atoms in total. The molecule has 2 fully saturated rings. The summed E-state index contributed by atoms with van der Waals surface area (Å²) in [5.41, 5.74) is 2.01. The fourth-order valence-electron chi connectivity index (χ4n) is 5.16. The number of aliphatic carboxylic acids is 1. The molecule has 31 heavy (non-hydrogen) atoms. The number of hydrogen-bond acceptors (Lipinski definition) is 5. The van der Waals surface area contributed by atoms with Crippen molar-refractivity contribution in [3.8, 4) is 11.4 Å². The highest BCUT2D eigenvalue weighted by Gasteiger charge is 2.42. The Morgan fingerprint density at radius 1 is 1.23 bits per heavy atom. The molecule has 2 N–H and O–H groups in total. The number of fused-ring (bicyclic) bond motifs is 2. The highest BCUT2D eigenvalue weighted by molar-refractivity contribution is 7.99. The summed E-state index contributed by atoms with van der Waals surface area (Å²) in [7, 11) is 0. The summed E-state index contributed by atoms with van der Waals surface area (Å²) in [5, 5.41) is 21.4. The van der Waals surface area contributed by atoms with Crippen LogP contribution in [0.3, 0.4) is 0 Å². The number of amides is 1. The van der Waals surface area contributed by atoms with Crippen molar-refractivity contribution in [3.05, 3.63) is 29.8 Å². The first-order valence-electron chi connectivity index (χ1n) is 11.0. The van der Waals surface area contributed by atoms with Gasteiger partial charge in [-0.1, -0.05) is 48.0 Å². The number of nitrogens with zero attached hydrogens (tertiary/aromatic N) is 3. The SMILES string of the molecule is Cc1ccc(-c2nnc(SCC(=O)NC(C)C3CC4CCC3C4)n2CCC(=O)O)cc1. The number of nitrogens with one attached hydrogen (secondary N) is 1. The van der Waals surface area contributed by atoms with Gasteiger partial charge >= 0.3 is 5.97 Å². The number of thioether (sulfide) groups is 1. The van der Waals surface area contributed by atoms with Gasteiger partial charge in [-0.15, -0.1) is 10.2 Å². The molecule has 4 rings (SSSR count). The molecule has 4 atom stereocenters. The number of carbonyl (C=O) groups excluding carboxylic acids is 1. The van der Waals surface area contributed by atoms with E-state index in [1.807, 2.05) is 31.2 Å². The van der Waals surface area contributed by atoms with Gasteiger partial charge in [0.1, 0.15) is 0 Å². The number of aryl methyl sites for hydroxylation is 1. The molecule has 0 aliphatic heterocycles. The third-order valence-corrected chi connectivity index (χ3v) is 7.70. The van der Waals surface area contributed by atoms with Crippen molar-refractivity contribution in [1.29, 1.82) is 0 Å². The number of carboxylic acid groups (broad SMARTS) is 1. The summed E-state index contributed by atoms with van der Waals surface area (Å²) >= 11 is 1.31. The fourth-order valence-corrected chi connectivity index (χ4v) is 5.94. The Bertz CT molecular complexity index is 943. The van der Waals surface area contributed by atoms with Crippen molar-refractivity contribution in [3.63, 3.8) is 0 Å². The predicted octanol–water partition coefficient (Wildman–Crippen LogP) is 3.76. The van der Waals surface area contributed by atoms with Crippen molar-refractivity contribution in [1.82, 2.24) is 20.1 Å². The van der Waals surface area contributed by atoms with Gasteiger partial charge in [0.25, 0.3) is 0 Å².